The van der Waals surface area contributed by atoms with Crippen molar-refractivity contribution in [2.24, 2.45) is 5.41 Å². The van der Waals surface area contributed by atoms with Crippen LogP contribution < -0.4 is 10.2 Å². The smallest absolute Gasteiger partial charge is 0.223 e. The molecule has 3 rings (SSSR count). The van der Waals surface area contributed by atoms with Gasteiger partial charge in [-0.25, -0.2) is 0 Å². The van der Waals surface area contributed by atoms with Gasteiger partial charge in [-0.05, 0) is 18.1 Å². The van der Waals surface area contributed by atoms with Crippen LogP contribution in [0.25, 0.3) is 0 Å². The zero-order valence-electron chi connectivity index (χ0n) is 10.4. The number of carbonyl (C=O) groups is 1. The van der Waals surface area contributed by atoms with Crippen LogP contribution in [0.4, 0.5) is 5.69 Å². The average Bonchev–Trinajstić information content (AvgIpc) is 2.29. The van der Waals surface area contributed by atoms with Crippen LogP contribution in [0.15, 0.2) is 24.3 Å². The number of para-hydroxylation sites is 1. The molecule has 0 aliphatic carbocycles. The van der Waals surface area contributed by atoms with Crippen LogP contribution in [0, 0.1) is 5.41 Å². The molecule has 90 valence electrons. The Hall–Kier alpha value is -1.51. The average molecular weight is 230 g/mol. The van der Waals surface area contributed by atoms with Crippen molar-refractivity contribution in [1.29, 1.82) is 0 Å². The molecule has 1 fully saturated rings. The number of amides is 1. The number of anilines is 1. The van der Waals surface area contributed by atoms with Crippen LogP contribution in [0.5, 0.6) is 0 Å². The summed E-state index contributed by atoms with van der Waals surface area (Å²) in [6.07, 6.45) is 1.75. The molecule has 0 saturated carbocycles. The fourth-order valence-corrected chi connectivity index (χ4v) is 3.06. The Morgan fingerprint density at radius 1 is 1.35 bits per heavy atom. The summed E-state index contributed by atoms with van der Waals surface area (Å²) in [5.41, 5.74) is 2.77. The minimum atomic E-state index is 0.0877. The Kier molecular flexibility index (Phi) is 2.18. The number of nitrogens with one attached hydrogen (secondary N) is 1. The maximum Gasteiger partial charge on any atom is 0.223 e. The maximum atomic E-state index is 11.6. The van der Waals surface area contributed by atoms with Gasteiger partial charge >= 0.3 is 0 Å². The van der Waals surface area contributed by atoms with Gasteiger partial charge in [0.25, 0.3) is 0 Å². The Bertz CT molecular complexity index is 467. The molecular weight excluding hydrogens is 212 g/mol. The molecule has 1 unspecified atom stereocenters. The zero-order valence-corrected chi connectivity index (χ0v) is 10.4. The van der Waals surface area contributed by atoms with E-state index in [2.05, 4.69) is 48.3 Å². The molecule has 0 aromatic heterocycles. The highest BCUT2D eigenvalue weighted by Gasteiger charge is 2.42. The van der Waals surface area contributed by atoms with Gasteiger partial charge in [0, 0.05) is 24.1 Å². The molecular formula is C14H18N2O. The lowest BCUT2D eigenvalue weighted by Gasteiger charge is -2.50. The Morgan fingerprint density at radius 3 is 2.94 bits per heavy atom. The highest BCUT2D eigenvalue weighted by atomic mass is 16.2. The Labute approximate surface area is 102 Å². The standard InChI is InChI=1S/C14H18N2O/c1-14(2)9-10-5-3-4-6-11(10)16-8-7-12(17)15-13(14)16/h3-6,13H,7-9H2,1-2H3,(H,15,17). The fourth-order valence-electron chi connectivity index (χ4n) is 3.06. The molecule has 3 nitrogen and oxygen atoms in total. The van der Waals surface area contributed by atoms with E-state index < -0.39 is 0 Å². The number of hydrogen-bond acceptors (Lipinski definition) is 2. The van der Waals surface area contributed by atoms with Crippen LogP contribution in [0.3, 0.4) is 0 Å². The lowest BCUT2D eigenvalue weighted by Crippen LogP contribution is -2.63. The summed E-state index contributed by atoms with van der Waals surface area (Å²) < 4.78 is 0. The van der Waals surface area contributed by atoms with Gasteiger partial charge in [-0.1, -0.05) is 32.0 Å². The van der Waals surface area contributed by atoms with Crippen molar-refractivity contribution < 1.29 is 4.79 Å². The van der Waals surface area contributed by atoms with Crippen LogP contribution in [-0.4, -0.2) is 18.6 Å². The molecule has 0 bridgehead atoms. The van der Waals surface area contributed by atoms with Gasteiger partial charge in [0.15, 0.2) is 0 Å². The van der Waals surface area contributed by atoms with Crippen molar-refractivity contribution in [2.75, 3.05) is 11.4 Å². The van der Waals surface area contributed by atoms with Crippen LogP contribution in [0.1, 0.15) is 25.8 Å². The summed E-state index contributed by atoms with van der Waals surface area (Å²) in [7, 11) is 0. The zero-order chi connectivity index (χ0) is 12.0. The number of carbonyl (C=O) groups excluding carboxylic acids is 1. The minimum Gasteiger partial charge on any atom is -0.350 e. The van der Waals surface area contributed by atoms with E-state index >= 15 is 0 Å². The predicted octanol–water partition coefficient (Wildman–Crippen LogP) is 1.92. The molecule has 17 heavy (non-hydrogen) atoms. The van der Waals surface area contributed by atoms with Crippen LogP contribution in [0.2, 0.25) is 0 Å². The van der Waals surface area contributed by atoms with Gasteiger partial charge in [0.2, 0.25) is 5.91 Å². The number of rotatable bonds is 0. The van der Waals surface area contributed by atoms with E-state index in [0.29, 0.717) is 6.42 Å². The van der Waals surface area contributed by atoms with E-state index in [1.165, 1.54) is 11.3 Å². The van der Waals surface area contributed by atoms with Crippen LogP contribution >= 0.6 is 0 Å². The minimum absolute atomic E-state index is 0.0877. The molecule has 2 aliphatic heterocycles. The van der Waals surface area contributed by atoms with Gasteiger partial charge < -0.3 is 10.2 Å². The third kappa shape index (κ3) is 1.61. The molecule has 1 saturated heterocycles. The first kappa shape index (κ1) is 10.6. The molecule has 2 heterocycles. The van der Waals surface area contributed by atoms with Gasteiger partial charge in [0.1, 0.15) is 6.17 Å². The van der Waals surface area contributed by atoms with Crippen molar-refractivity contribution in [1.82, 2.24) is 5.32 Å². The Balaban J connectivity index is 2.07. The van der Waals surface area contributed by atoms with Crippen molar-refractivity contribution in [3.63, 3.8) is 0 Å². The first-order valence-corrected chi connectivity index (χ1v) is 6.22. The molecule has 2 aliphatic rings. The monoisotopic (exact) mass is 230 g/mol. The first-order chi connectivity index (χ1) is 8.08. The summed E-state index contributed by atoms with van der Waals surface area (Å²) in [6.45, 7) is 5.29. The van der Waals surface area contributed by atoms with Crippen molar-refractivity contribution in [2.45, 2.75) is 32.9 Å². The van der Waals surface area contributed by atoms with Gasteiger partial charge in [-0.15, -0.1) is 0 Å². The molecule has 1 atom stereocenters. The Morgan fingerprint density at radius 2 is 2.12 bits per heavy atom. The van der Waals surface area contributed by atoms with E-state index in [-0.39, 0.29) is 17.5 Å². The van der Waals surface area contributed by atoms with Crippen molar-refractivity contribution in [3.8, 4) is 0 Å². The molecule has 1 N–H and O–H groups in total. The summed E-state index contributed by atoms with van der Waals surface area (Å²) in [6, 6.07) is 8.53. The summed E-state index contributed by atoms with van der Waals surface area (Å²) in [4.78, 5) is 13.9. The molecule has 3 heteroatoms. The van der Waals surface area contributed by atoms with E-state index in [9.17, 15) is 4.79 Å². The number of fused-ring (bicyclic) bond motifs is 3. The first-order valence-electron chi connectivity index (χ1n) is 6.22. The highest BCUT2D eigenvalue weighted by Crippen LogP contribution is 2.40. The number of benzene rings is 1. The largest absolute Gasteiger partial charge is 0.350 e. The van der Waals surface area contributed by atoms with E-state index in [4.69, 9.17) is 0 Å². The fraction of sp³-hybridized carbons (Fsp3) is 0.500. The second-order valence-electron chi connectivity index (χ2n) is 5.71. The van der Waals surface area contributed by atoms with Gasteiger partial charge in [-0.2, -0.15) is 0 Å². The van der Waals surface area contributed by atoms with Gasteiger partial charge in [0.05, 0.1) is 0 Å². The number of nitrogens with zero attached hydrogens (tertiary/aromatic N) is 1. The van der Waals surface area contributed by atoms with Crippen molar-refractivity contribution >= 4 is 11.6 Å². The number of hydrogen-bond donors (Lipinski definition) is 1. The molecule has 0 spiro atoms. The third-order valence-electron chi connectivity index (χ3n) is 3.88. The van der Waals surface area contributed by atoms with E-state index in [0.717, 1.165) is 13.0 Å². The lowest BCUT2D eigenvalue weighted by atomic mass is 9.77. The lowest BCUT2D eigenvalue weighted by molar-refractivity contribution is -0.124. The van der Waals surface area contributed by atoms with E-state index in [1.807, 2.05) is 0 Å². The second-order valence-corrected chi connectivity index (χ2v) is 5.71. The summed E-state index contributed by atoms with van der Waals surface area (Å²) in [5, 5.41) is 3.14. The molecule has 1 aromatic rings. The quantitative estimate of drug-likeness (QED) is 0.738. The predicted molar refractivity (Wildman–Crippen MR) is 67.8 cm³/mol. The second kappa shape index (κ2) is 3.49. The molecule has 1 amide bonds. The normalized spacial score (nSPS) is 25.9. The SMILES string of the molecule is CC1(C)Cc2ccccc2N2CCC(=O)NC21. The molecule has 0 radical (unpaired) electrons. The van der Waals surface area contributed by atoms with Crippen LogP contribution in [-0.2, 0) is 11.2 Å². The maximum absolute atomic E-state index is 11.6. The topological polar surface area (TPSA) is 32.3 Å². The van der Waals surface area contributed by atoms with Crippen molar-refractivity contribution in [3.05, 3.63) is 29.8 Å². The molecule has 1 aromatic carbocycles. The summed E-state index contributed by atoms with van der Waals surface area (Å²) in [5.74, 6) is 0.179. The van der Waals surface area contributed by atoms with E-state index in [1.54, 1.807) is 0 Å². The highest BCUT2D eigenvalue weighted by molar-refractivity contribution is 5.79. The summed E-state index contributed by atoms with van der Waals surface area (Å²) >= 11 is 0. The third-order valence-corrected chi connectivity index (χ3v) is 3.88. The van der Waals surface area contributed by atoms with Gasteiger partial charge in [-0.3, -0.25) is 4.79 Å².